The van der Waals surface area contributed by atoms with Gasteiger partial charge in [0.15, 0.2) is 0 Å². The van der Waals surface area contributed by atoms with Gasteiger partial charge in [0.2, 0.25) is 0 Å². The minimum atomic E-state index is -0.197. The fraction of sp³-hybridized carbons (Fsp3) is 0. The van der Waals surface area contributed by atoms with E-state index in [0.29, 0.717) is 22.6 Å². The van der Waals surface area contributed by atoms with E-state index in [2.05, 4.69) is 21.2 Å². The zero-order valence-corrected chi connectivity index (χ0v) is 11.1. The first-order valence-corrected chi connectivity index (χ1v) is 6.07. The molecule has 18 heavy (non-hydrogen) atoms. The highest BCUT2D eigenvalue weighted by molar-refractivity contribution is 9.10. The van der Waals surface area contributed by atoms with Gasteiger partial charge in [-0.15, -0.1) is 0 Å². The van der Waals surface area contributed by atoms with Crippen molar-refractivity contribution < 1.29 is 4.79 Å². The molecular weight excluding hydrogens is 294 g/mol. The molecule has 5 heteroatoms. The molecule has 0 atom stereocenters. The summed E-state index contributed by atoms with van der Waals surface area (Å²) in [5, 5.41) is 2.77. The first kappa shape index (κ1) is 12.4. The van der Waals surface area contributed by atoms with Gasteiger partial charge in [-0.25, -0.2) is 0 Å². The van der Waals surface area contributed by atoms with Gasteiger partial charge in [0.05, 0.1) is 0 Å². The first-order chi connectivity index (χ1) is 8.56. The van der Waals surface area contributed by atoms with E-state index in [1.54, 1.807) is 42.5 Å². The molecule has 4 nitrogen and oxygen atoms in total. The summed E-state index contributed by atoms with van der Waals surface area (Å²) >= 11 is 3.30. The molecule has 0 spiro atoms. The molecule has 0 saturated carbocycles. The van der Waals surface area contributed by atoms with Gasteiger partial charge in [-0.05, 0) is 58.4 Å². The Hall–Kier alpha value is -2.01. The van der Waals surface area contributed by atoms with Crippen molar-refractivity contribution in [3.63, 3.8) is 0 Å². The Balaban J connectivity index is 2.16. The number of nitrogens with two attached hydrogens (primary N) is 2. The van der Waals surface area contributed by atoms with Crippen LogP contribution in [0.25, 0.3) is 0 Å². The van der Waals surface area contributed by atoms with Crippen molar-refractivity contribution in [3.8, 4) is 0 Å². The van der Waals surface area contributed by atoms with E-state index in [1.807, 2.05) is 0 Å². The van der Waals surface area contributed by atoms with E-state index in [-0.39, 0.29) is 5.91 Å². The second-order valence-electron chi connectivity index (χ2n) is 3.81. The zero-order valence-electron chi connectivity index (χ0n) is 9.48. The maximum atomic E-state index is 11.9. The van der Waals surface area contributed by atoms with Crippen LogP contribution in [-0.2, 0) is 0 Å². The smallest absolute Gasteiger partial charge is 0.255 e. The van der Waals surface area contributed by atoms with Gasteiger partial charge in [0, 0.05) is 27.1 Å². The normalized spacial score (nSPS) is 10.1. The number of carbonyl (C=O) groups excluding carboxylic acids is 1. The minimum absolute atomic E-state index is 0.197. The third kappa shape index (κ3) is 2.81. The van der Waals surface area contributed by atoms with Crippen molar-refractivity contribution in [2.45, 2.75) is 0 Å². The summed E-state index contributed by atoms with van der Waals surface area (Å²) in [6.45, 7) is 0. The standard InChI is InChI=1S/C13H12BrN3O/c14-11-6-5-10(7-12(11)16)17-13(18)8-1-3-9(15)4-2-8/h1-7H,15-16H2,(H,17,18). The SMILES string of the molecule is Nc1ccc(C(=O)Nc2ccc(Br)c(N)c2)cc1. The van der Waals surface area contributed by atoms with Crippen molar-refractivity contribution in [3.05, 3.63) is 52.5 Å². The van der Waals surface area contributed by atoms with Crippen molar-refractivity contribution >= 4 is 38.9 Å². The second-order valence-corrected chi connectivity index (χ2v) is 4.67. The molecule has 0 aromatic heterocycles. The monoisotopic (exact) mass is 305 g/mol. The molecular formula is C13H12BrN3O. The van der Waals surface area contributed by atoms with Crippen molar-refractivity contribution in [2.24, 2.45) is 0 Å². The Morgan fingerprint density at radius 3 is 2.33 bits per heavy atom. The molecule has 1 amide bonds. The largest absolute Gasteiger partial charge is 0.399 e. The maximum absolute atomic E-state index is 11.9. The van der Waals surface area contributed by atoms with Crippen LogP contribution in [0.4, 0.5) is 17.1 Å². The molecule has 0 aliphatic carbocycles. The molecule has 0 aliphatic heterocycles. The third-order valence-electron chi connectivity index (χ3n) is 2.43. The van der Waals surface area contributed by atoms with Gasteiger partial charge in [0.25, 0.3) is 5.91 Å². The van der Waals surface area contributed by atoms with Gasteiger partial charge >= 0.3 is 0 Å². The van der Waals surface area contributed by atoms with Gasteiger partial charge in [0.1, 0.15) is 0 Å². The Bertz CT molecular complexity index is 581. The molecule has 0 bridgehead atoms. The molecule has 2 aromatic rings. The molecule has 5 N–H and O–H groups in total. The van der Waals surface area contributed by atoms with E-state index >= 15 is 0 Å². The summed E-state index contributed by atoms with van der Waals surface area (Å²) in [4.78, 5) is 11.9. The fourth-order valence-corrected chi connectivity index (χ4v) is 1.71. The van der Waals surface area contributed by atoms with Gasteiger partial charge in [-0.1, -0.05) is 0 Å². The number of carbonyl (C=O) groups is 1. The van der Waals surface area contributed by atoms with E-state index in [9.17, 15) is 4.79 Å². The first-order valence-electron chi connectivity index (χ1n) is 5.28. The minimum Gasteiger partial charge on any atom is -0.399 e. The Morgan fingerprint density at radius 2 is 1.72 bits per heavy atom. The number of hydrogen-bond donors (Lipinski definition) is 3. The van der Waals surface area contributed by atoms with Gasteiger partial charge in [-0.3, -0.25) is 4.79 Å². The number of rotatable bonds is 2. The predicted octanol–water partition coefficient (Wildman–Crippen LogP) is 2.87. The number of hydrogen-bond acceptors (Lipinski definition) is 3. The van der Waals surface area contributed by atoms with Crippen LogP contribution in [0.3, 0.4) is 0 Å². The summed E-state index contributed by atoms with van der Waals surface area (Å²) in [7, 11) is 0. The molecule has 0 fully saturated rings. The molecule has 0 heterocycles. The Labute approximate surface area is 113 Å². The number of anilines is 3. The van der Waals surface area contributed by atoms with Crippen LogP contribution < -0.4 is 16.8 Å². The lowest BCUT2D eigenvalue weighted by Gasteiger charge is -2.07. The molecule has 2 aromatic carbocycles. The highest BCUT2D eigenvalue weighted by Gasteiger charge is 2.06. The van der Waals surface area contributed by atoms with E-state index in [1.165, 1.54) is 0 Å². The number of nitrogen functional groups attached to an aromatic ring is 2. The van der Waals surface area contributed by atoms with Crippen molar-refractivity contribution in [1.29, 1.82) is 0 Å². The highest BCUT2D eigenvalue weighted by Crippen LogP contribution is 2.23. The highest BCUT2D eigenvalue weighted by atomic mass is 79.9. The Kier molecular flexibility index (Phi) is 3.53. The molecule has 2 rings (SSSR count). The maximum Gasteiger partial charge on any atom is 0.255 e. The van der Waals surface area contributed by atoms with Crippen LogP contribution in [0.1, 0.15) is 10.4 Å². The predicted molar refractivity (Wildman–Crippen MR) is 77.4 cm³/mol. The van der Waals surface area contributed by atoms with Crippen LogP contribution in [-0.4, -0.2) is 5.91 Å². The topological polar surface area (TPSA) is 81.1 Å². The number of nitrogens with one attached hydrogen (secondary N) is 1. The summed E-state index contributed by atoms with van der Waals surface area (Å²) in [5.41, 5.74) is 13.7. The van der Waals surface area contributed by atoms with Crippen molar-refractivity contribution in [2.75, 3.05) is 16.8 Å². The Morgan fingerprint density at radius 1 is 1.06 bits per heavy atom. The van der Waals surface area contributed by atoms with Crippen LogP contribution in [0.15, 0.2) is 46.9 Å². The van der Waals surface area contributed by atoms with Crippen LogP contribution in [0.5, 0.6) is 0 Å². The van der Waals surface area contributed by atoms with Crippen molar-refractivity contribution in [1.82, 2.24) is 0 Å². The lowest BCUT2D eigenvalue weighted by molar-refractivity contribution is 0.102. The zero-order chi connectivity index (χ0) is 13.1. The summed E-state index contributed by atoms with van der Waals surface area (Å²) < 4.78 is 0.799. The second kappa shape index (κ2) is 5.10. The molecule has 92 valence electrons. The molecule has 0 radical (unpaired) electrons. The summed E-state index contributed by atoms with van der Waals surface area (Å²) in [5.74, 6) is -0.197. The number of halogens is 1. The molecule has 0 unspecified atom stereocenters. The van der Waals surface area contributed by atoms with Crippen LogP contribution >= 0.6 is 15.9 Å². The average molecular weight is 306 g/mol. The van der Waals surface area contributed by atoms with E-state index in [0.717, 1.165) is 4.47 Å². The van der Waals surface area contributed by atoms with E-state index in [4.69, 9.17) is 11.5 Å². The third-order valence-corrected chi connectivity index (χ3v) is 3.15. The lowest BCUT2D eigenvalue weighted by Crippen LogP contribution is -2.12. The molecule has 0 aliphatic rings. The average Bonchev–Trinajstić information content (AvgIpc) is 2.34. The van der Waals surface area contributed by atoms with Gasteiger partial charge < -0.3 is 16.8 Å². The van der Waals surface area contributed by atoms with E-state index < -0.39 is 0 Å². The van der Waals surface area contributed by atoms with Crippen LogP contribution in [0.2, 0.25) is 0 Å². The summed E-state index contributed by atoms with van der Waals surface area (Å²) in [6.07, 6.45) is 0. The number of amides is 1. The van der Waals surface area contributed by atoms with Gasteiger partial charge in [-0.2, -0.15) is 0 Å². The fourth-order valence-electron chi connectivity index (χ4n) is 1.46. The molecule has 0 saturated heterocycles. The van der Waals surface area contributed by atoms with Crippen LogP contribution in [0, 0.1) is 0 Å². The quantitative estimate of drug-likeness (QED) is 0.746. The summed E-state index contributed by atoms with van der Waals surface area (Å²) in [6, 6.07) is 12.0. The number of benzene rings is 2. The lowest BCUT2D eigenvalue weighted by atomic mass is 10.2.